The van der Waals surface area contributed by atoms with Crippen LogP contribution in [0.5, 0.6) is 0 Å². The molecule has 0 fully saturated rings. The first kappa shape index (κ1) is 22.5. The number of carbonyl (C=O) groups excluding carboxylic acids is 1. The molecule has 2 aromatic carbocycles. The fraction of sp³-hybridized carbons (Fsp3) is 0.208. The predicted molar refractivity (Wildman–Crippen MR) is 129 cm³/mol. The van der Waals surface area contributed by atoms with E-state index >= 15 is 0 Å². The lowest BCUT2D eigenvalue weighted by molar-refractivity contribution is -0.113. The molecule has 33 heavy (non-hydrogen) atoms. The molecular formula is C24H24N6O2S. The number of H-pyrrole nitrogens is 1. The summed E-state index contributed by atoms with van der Waals surface area (Å²) < 4.78 is 2.00. The monoisotopic (exact) mass is 460 g/mol. The Balaban J connectivity index is 1.42. The van der Waals surface area contributed by atoms with Crippen LogP contribution in [0.4, 0.5) is 5.69 Å². The maximum Gasteiger partial charge on any atom is 0.251 e. The summed E-state index contributed by atoms with van der Waals surface area (Å²) in [6, 6.07) is 18.8. The number of aryl methyl sites for hydroxylation is 2. The summed E-state index contributed by atoms with van der Waals surface area (Å²) in [4.78, 5) is 31.7. The normalized spacial score (nSPS) is 10.8. The lowest BCUT2D eigenvalue weighted by Crippen LogP contribution is -2.15. The third kappa shape index (κ3) is 5.75. The third-order valence-corrected chi connectivity index (χ3v) is 5.96. The highest BCUT2D eigenvalue weighted by molar-refractivity contribution is 7.99. The van der Waals surface area contributed by atoms with E-state index in [9.17, 15) is 9.59 Å². The number of nitrogens with zero attached hydrogens (tertiary/aromatic N) is 4. The van der Waals surface area contributed by atoms with E-state index in [1.165, 1.54) is 17.8 Å². The average Bonchev–Trinajstić information content (AvgIpc) is 3.17. The molecule has 2 heterocycles. The van der Waals surface area contributed by atoms with E-state index in [0.717, 1.165) is 22.6 Å². The minimum absolute atomic E-state index is 0.159. The Kier molecular flexibility index (Phi) is 6.99. The van der Waals surface area contributed by atoms with Crippen molar-refractivity contribution in [1.82, 2.24) is 24.7 Å². The molecule has 0 radical (unpaired) electrons. The number of hydrogen-bond acceptors (Lipinski definition) is 6. The third-order valence-electron chi connectivity index (χ3n) is 4.99. The standard InChI is InChI=1S/C24H24N6O2S/c1-3-19-13-21(31)27-23(26-19)18-10-7-11-20(12-18)25-22(32)15-33-24-29-28-16(2)30(24)14-17-8-5-4-6-9-17/h4-13H,3,14-15H2,1-2H3,(H,25,32)(H,26,27,31). The fourth-order valence-electron chi connectivity index (χ4n) is 3.31. The molecule has 0 atom stereocenters. The van der Waals surface area contributed by atoms with Crippen LogP contribution < -0.4 is 10.9 Å². The quantitative estimate of drug-likeness (QED) is 0.389. The topological polar surface area (TPSA) is 106 Å². The SMILES string of the molecule is CCc1cc(=O)[nH]c(-c2cccc(NC(=O)CSc3nnc(C)n3Cc3ccccc3)c2)n1. The van der Waals surface area contributed by atoms with Crippen LogP contribution in [-0.4, -0.2) is 36.4 Å². The molecular weight excluding hydrogens is 436 g/mol. The molecule has 2 N–H and O–H groups in total. The molecule has 4 rings (SSSR count). The molecule has 9 heteroatoms. The number of thioether (sulfide) groups is 1. The predicted octanol–water partition coefficient (Wildman–Crippen LogP) is 3.68. The fourth-order valence-corrected chi connectivity index (χ4v) is 4.10. The van der Waals surface area contributed by atoms with Crippen LogP contribution in [0.25, 0.3) is 11.4 Å². The summed E-state index contributed by atoms with van der Waals surface area (Å²) in [6.07, 6.45) is 0.666. The lowest BCUT2D eigenvalue weighted by atomic mass is 10.2. The molecule has 0 saturated carbocycles. The summed E-state index contributed by atoms with van der Waals surface area (Å²) in [6.45, 7) is 4.49. The zero-order valence-electron chi connectivity index (χ0n) is 18.4. The van der Waals surface area contributed by atoms with Crippen LogP contribution in [0.3, 0.4) is 0 Å². The summed E-state index contributed by atoms with van der Waals surface area (Å²) >= 11 is 1.34. The number of aromatic amines is 1. The van der Waals surface area contributed by atoms with Gasteiger partial charge in [0.2, 0.25) is 5.91 Å². The smallest absolute Gasteiger partial charge is 0.251 e. The van der Waals surface area contributed by atoms with Gasteiger partial charge in [-0.1, -0.05) is 61.2 Å². The molecule has 8 nitrogen and oxygen atoms in total. The van der Waals surface area contributed by atoms with E-state index in [-0.39, 0.29) is 17.2 Å². The highest BCUT2D eigenvalue weighted by Gasteiger charge is 2.13. The van der Waals surface area contributed by atoms with Crippen LogP contribution in [0, 0.1) is 6.92 Å². The van der Waals surface area contributed by atoms with Crippen molar-refractivity contribution in [1.29, 1.82) is 0 Å². The van der Waals surface area contributed by atoms with Gasteiger partial charge in [0.25, 0.3) is 5.56 Å². The molecule has 0 aliphatic carbocycles. The Morgan fingerprint density at radius 2 is 1.91 bits per heavy atom. The van der Waals surface area contributed by atoms with Crippen molar-refractivity contribution in [3.8, 4) is 11.4 Å². The first-order valence-electron chi connectivity index (χ1n) is 10.6. The largest absolute Gasteiger partial charge is 0.325 e. The van der Waals surface area contributed by atoms with Gasteiger partial charge in [0.15, 0.2) is 5.16 Å². The highest BCUT2D eigenvalue weighted by atomic mass is 32.2. The highest BCUT2D eigenvalue weighted by Crippen LogP contribution is 2.21. The van der Waals surface area contributed by atoms with Crippen LogP contribution in [0.2, 0.25) is 0 Å². The van der Waals surface area contributed by atoms with Gasteiger partial charge in [-0.3, -0.25) is 9.59 Å². The minimum atomic E-state index is -0.197. The van der Waals surface area contributed by atoms with Crippen molar-refractivity contribution < 1.29 is 4.79 Å². The molecule has 2 aromatic heterocycles. The van der Waals surface area contributed by atoms with Gasteiger partial charge in [0.05, 0.1) is 12.3 Å². The Bertz CT molecular complexity index is 1320. The van der Waals surface area contributed by atoms with E-state index in [1.54, 1.807) is 12.1 Å². The van der Waals surface area contributed by atoms with Gasteiger partial charge < -0.3 is 14.9 Å². The van der Waals surface area contributed by atoms with Gasteiger partial charge in [-0.05, 0) is 31.0 Å². The van der Waals surface area contributed by atoms with E-state index in [1.807, 2.05) is 60.9 Å². The van der Waals surface area contributed by atoms with Crippen molar-refractivity contribution in [3.05, 3.63) is 88.1 Å². The van der Waals surface area contributed by atoms with Crippen molar-refractivity contribution in [2.75, 3.05) is 11.1 Å². The second-order valence-corrected chi connectivity index (χ2v) is 8.40. The van der Waals surface area contributed by atoms with Crippen molar-refractivity contribution in [3.63, 3.8) is 0 Å². The van der Waals surface area contributed by atoms with E-state index in [0.29, 0.717) is 29.6 Å². The average molecular weight is 461 g/mol. The molecule has 0 aliphatic heterocycles. The lowest BCUT2D eigenvalue weighted by Gasteiger charge is -2.09. The molecule has 0 aliphatic rings. The van der Waals surface area contributed by atoms with Crippen molar-refractivity contribution in [2.24, 2.45) is 0 Å². The Hall–Kier alpha value is -3.72. The van der Waals surface area contributed by atoms with E-state index < -0.39 is 0 Å². The second-order valence-electron chi connectivity index (χ2n) is 7.46. The Morgan fingerprint density at radius 3 is 2.70 bits per heavy atom. The van der Waals surface area contributed by atoms with Gasteiger partial charge in [-0.2, -0.15) is 0 Å². The van der Waals surface area contributed by atoms with Crippen LogP contribution in [0.15, 0.2) is 70.6 Å². The number of carbonyl (C=O) groups is 1. The molecule has 0 unspecified atom stereocenters. The molecule has 168 valence electrons. The van der Waals surface area contributed by atoms with Gasteiger partial charge in [0, 0.05) is 23.0 Å². The van der Waals surface area contributed by atoms with Crippen LogP contribution in [0.1, 0.15) is 24.0 Å². The molecule has 0 bridgehead atoms. The zero-order valence-corrected chi connectivity index (χ0v) is 19.2. The number of rotatable bonds is 8. The summed E-state index contributed by atoms with van der Waals surface area (Å²) in [5.74, 6) is 1.31. The summed E-state index contributed by atoms with van der Waals surface area (Å²) in [7, 11) is 0. The molecule has 1 amide bonds. The van der Waals surface area contributed by atoms with Crippen molar-refractivity contribution in [2.45, 2.75) is 32.0 Å². The number of aromatic nitrogens is 5. The first-order chi connectivity index (χ1) is 16.0. The molecule has 0 spiro atoms. The van der Waals surface area contributed by atoms with Gasteiger partial charge >= 0.3 is 0 Å². The number of hydrogen-bond donors (Lipinski definition) is 2. The van der Waals surface area contributed by atoms with E-state index in [2.05, 4.69) is 25.5 Å². The number of benzene rings is 2. The van der Waals surface area contributed by atoms with Gasteiger partial charge in [0.1, 0.15) is 11.6 Å². The number of nitrogens with one attached hydrogen (secondary N) is 2. The van der Waals surface area contributed by atoms with E-state index in [4.69, 9.17) is 0 Å². The summed E-state index contributed by atoms with van der Waals surface area (Å²) in [5.41, 5.74) is 3.02. The second kappa shape index (κ2) is 10.3. The maximum absolute atomic E-state index is 12.6. The molecule has 4 aromatic rings. The van der Waals surface area contributed by atoms with Crippen LogP contribution >= 0.6 is 11.8 Å². The zero-order chi connectivity index (χ0) is 23.2. The van der Waals surface area contributed by atoms with Gasteiger partial charge in [-0.25, -0.2) is 4.98 Å². The van der Waals surface area contributed by atoms with Crippen molar-refractivity contribution >= 4 is 23.4 Å². The first-order valence-corrected chi connectivity index (χ1v) is 11.6. The number of anilines is 1. The number of amides is 1. The van der Waals surface area contributed by atoms with Crippen LogP contribution in [-0.2, 0) is 17.8 Å². The minimum Gasteiger partial charge on any atom is -0.325 e. The summed E-state index contributed by atoms with van der Waals surface area (Å²) in [5, 5.41) is 12.0. The van der Waals surface area contributed by atoms with Gasteiger partial charge in [-0.15, -0.1) is 10.2 Å². The molecule has 0 saturated heterocycles. The Labute approximate surface area is 195 Å². The Morgan fingerprint density at radius 1 is 1.09 bits per heavy atom. The maximum atomic E-state index is 12.6.